The molecular weight excluding hydrogens is 152 g/mol. The van der Waals surface area contributed by atoms with Crippen LogP contribution in [0.15, 0.2) is 0 Å². The quantitative estimate of drug-likeness (QED) is 0.577. The molecule has 0 aliphatic carbocycles. The van der Waals surface area contributed by atoms with Gasteiger partial charge in [0.1, 0.15) is 0 Å². The zero-order chi connectivity index (χ0) is 9.28. The minimum Gasteiger partial charge on any atom is -0.179 e. The van der Waals surface area contributed by atoms with Crippen molar-refractivity contribution in [2.24, 2.45) is 16.7 Å². The van der Waals surface area contributed by atoms with Gasteiger partial charge in [-0.2, -0.15) is 12.6 Å². The third kappa shape index (κ3) is 3.50. The molecule has 68 valence electrons. The van der Waals surface area contributed by atoms with Gasteiger partial charge >= 0.3 is 0 Å². The highest BCUT2D eigenvalue weighted by molar-refractivity contribution is 7.80. The maximum absolute atomic E-state index is 4.40. The third-order valence-corrected chi connectivity index (χ3v) is 2.64. The van der Waals surface area contributed by atoms with Crippen LogP contribution in [-0.2, 0) is 0 Å². The van der Waals surface area contributed by atoms with Crippen LogP contribution < -0.4 is 0 Å². The molecule has 0 aliphatic heterocycles. The van der Waals surface area contributed by atoms with Crippen LogP contribution in [0.25, 0.3) is 0 Å². The first-order chi connectivity index (χ1) is 4.69. The molecule has 0 saturated carbocycles. The van der Waals surface area contributed by atoms with E-state index in [2.05, 4.69) is 54.2 Å². The van der Waals surface area contributed by atoms with Crippen molar-refractivity contribution < 1.29 is 0 Å². The zero-order valence-electron chi connectivity index (χ0n) is 8.73. The Morgan fingerprint density at radius 1 is 0.909 bits per heavy atom. The van der Waals surface area contributed by atoms with Crippen LogP contribution in [0.3, 0.4) is 0 Å². The Hall–Kier alpha value is 0.350. The van der Waals surface area contributed by atoms with Crippen molar-refractivity contribution >= 4 is 12.6 Å². The van der Waals surface area contributed by atoms with Gasteiger partial charge in [-0.25, -0.2) is 0 Å². The summed E-state index contributed by atoms with van der Waals surface area (Å²) in [5.74, 6) is 1.66. The van der Waals surface area contributed by atoms with Gasteiger partial charge in [-0.15, -0.1) is 0 Å². The highest BCUT2D eigenvalue weighted by Crippen LogP contribution is 2.40. The highest BCUT2D eigenvalue weighted by atomic mass is 32.1. The van der Waals surface area contributed by atoms with E-state index in [0.717, 1.165) is 5.75 Å². The summed E-state index contributed by atoms with van der Waals surface area (Å²) in [6.45, 7) is 13.7. The summed E-state index contributed by atoms with van der Waals surface area (Å²) in [4.78, 5) is 0. The summed E-state index contributed by atoms with van der Waals surface area (Å²) < 4.78 is 0. The number of rotatable bonds is 1. The molecule has 1 heteroatoms. The van der Waals surface area contributed by atoms with Crippen LogP contribution >= 0.6 is 12.6 Å². The molecule has 0 atom stereocenters. The van der Waals surface area contributed by atoms with Crippen LogP contribution in [0.5, 0.6) is 0 Å². The van der Waals surface area contributed by atoms with Gasteiger partial charge < -0.3 is 0 Å². The molecule has 0 aromatic heterocycles. The van der Waals surface area contributed by atoms with Gasteiger partial charge in [-0.1, -0.05) is 41.5 Å². The molecule has 0 bridgehead atoms. The zero-order valence-corrected chi connectivity index (χ0v) is 9.63. The van der Waals surface area contributed by atoms with Crippen molar-refractivity contribution in [1.29, 1.82) is 0 Å². The molecule has 0 saturated heterocycles. The molecule has 0 radical (unpaired) electrons. The summed E-state index contributed by atoms with van der Waals surface area (Å²) in [5, 5.41) is 0. The maximum Gasteiger partial charge on any atom is -0.00595 e. The SMILES string of the molecule is CC(C)(C)C(CS)C(C)(C)C. The molecule has 0 N–H and O–H groups in total. The summed E-state index contributed by atoms with van der Waals surface area (Å²) in [7, 11) is 0. The fraction of sp³-hybridized carbons (Fsp3) is 1.00. The lowest BCUT2D eigenvalue weighted by atomic mass is 9.68. The van der Waals surface area contributed by atoms with Gasteiger partial charge in [0.2, 0.25) is 0 Å². The second-order valence-electron chi connectivity index (χ2n) is 5.47. The van der Waals surface area contributed by atoms with E-state index in [4.69, 9.17) is 0 Å². The van der Waals surface area contributed by atoms with E-state index in [9.17, 15) is 0 Å². The van der Waals surface area contributed by atoms with Crippen molar-refractivity contribution in [2.75, 3.05) is 5.75 Å². The van der Waals surface area contributed by atoms with Crippen LogP contribution in [0.2, 0.25) is 0 Å². The summed E-state index contributed by atoms with van der Waals surface area (Å²) in [6, 6.07) is 0. The Morgan fingerprint density at radius 3 is 1.18 bits per heavy atom. The first-order valence-corrected chi connectivity index (χ1v) is 4.93. The first-order valence-electron chi connectivity index (χ1n) is 4.30. The number of hydrogen-bond donors (Lipinski definition) is 1. The Labute approximate surface area is 77.2 Å². The molecule has 0 nitrogen and oxygen atoms in total. The van der Waals surface area contributed by atoms with Gasteiger partial charge in [0.15, 0.2) is 0 Å². The van der Waals surface area contributed by atoms with E-state index in [-0.39, 0.29) is 0 Å². The van der Waals surface area contributed by atoms with E-state index in [1.807, 2.05) is 0 Å². The summed E-state index contributed by atoms with van der Waals surface area (Å²) in [5.41, 5.74) is 0.750. The van der Waals surface area contributed by atoms with Crippen molar-refractivity contribution in [1.82, 2.24) is 0 Å². The average Bonchev–Trinajstić information content (AvgIpc) is 1.56. The Kier molecular flexibility index (Phi) is 3.49. The van der Waals surface area contributed by atoms with Crippen molar-refractivity contribution in [3.8, 4) is 0 Å². The lowest BCUT2D eigenvalue weighted by Gasteiger charge is -2.39. The third-order valence-electron chi connectivity index (χ3n) is 2.27. The van der Waals surface area contributed by atoms with E-state index in [0.29, 0.717) is 16.7 Å². The van der Waals surface area contributed by atoms with E-state index in [1.54, 1.807) is 0 Å². The molecule has 0 aromatic carbocycles. The minimum atomic E-state index is 0.375. The monoisotopic (exact) mass is 174 g/mol. The Bertz CT molecular complexity index is 99.8. The Balaban J connectivity index is 4.43. The lowest BCUT2D eigenvalue weighted by molar-refractivity contribution is 0.126. The standard InChI is InChI=1S/C10H22S/c1-9(2,3)8(7-11)10(4,5)6/h8,11H,7H2,1-6H3. The first kappa shape index (κ1) is 11.4. The van der Waals surface area contributed by atoms with Gasteiger partial charge in [0.25, 0.3) is 0 Å². The normalized spacial score (nSPS) is 14.2. The predicted octanol–water partition coefficient (Wildman–Crippen LogP) is 3.62. The van der Waals surface area contributed by atoms with Crippen LogP contribution in [0, 0.1) is 16.7 Å². The second kappa shape index (κ2) is 3.38. The Morgan fingerprint density at radius 2 is 1.18 bits per heavy atom. The number of hydrogen-bond acceptors (Lipinski definition) is 1. The van der Waals surface area contributed by atoms with E-state index < -0.39 is 0 Å². The molecule has 0 amide bonds. The second-order valence-corrected chi connectivity index (χ2v) is 5.83. The molecule has 0 heterocycles. The highest BCUT2D eigenvalue weighted by Gasteiger charge is 2.33. The smallest absolute Gasteiger partial charge is 0.00595 e. The molecule has 0 fully saturated rings. The molecule has 0 aromatic rings. The van der Waals surface area contributed by atoms with Crippen LogP contribution in [-0.4, -0.2) is 5.75 Å². The van der Waals surface area contributed by atoms with E-state index in [1.165, 1.54) is 0 Å². The largest absolute Gasteiger partial charge is 0.179 e. The molecule has 0 aliphatic rings. The van der Waals surface area contributed by atoms with Gasteiger partial charge in [-0.05, 0) is 22.5 Å². The maximum atomic E-state index is 4.40. The summed E-state index contributed by atoms with van der Waals surface area (Å²) >= 11 is 4.40. The van der Waals surface area contributed by atoms with Crippen molar-refractivity contribution in [2.45, 2.75) is 41.5 Å². The van der Waals surface area contributed by atoms with Gasteiger partial charge in [-0.3, -0.25) is 0 Å². The van der Waals surface area contributed by atoms with E-state index >= 15 is 0 Å². The minimum absolute atomic E-state index is 0.375. The van der Waals surface area contributed by atoms with Crippen molar-refractivity contribution in [3.05, 3.63) is 0 Å². The lowest BCUT2D eigenvalue weighted by Crippen LogP contribution is -2.33. The van der Waals surface area contributed by atoms with Gasteiger partial charge in [0, 0.05) is 0 Å². The molecule has 0 unspecified atom stereocenters. The molecular formula is C10H22S. The topological polar surface area (TPSA) is 0 Å². The van der Waals surface area contributed by atoms with Crippen LogP contribution in [0.4, 0.5) is 0 Å². The predicted molar refractivity (Wildman–Crippen MR) is 56.3 cm³/mol. The molecule has 11 heavy (non-hydrogen) atoms. The van der Waals surface area contributed by atoms with Crippen molar-refractivity contribution in [3.63, 3.8) is 0 Å². The fourth-order valence-corrected chi connectivity index (χ4v) is 2.94. The van der Waals surface area contributed by atoms with Gasteiger partial charge in [0.05, 0.1) is 0 Å². The number of thiol groups is 1. The fourth-order valence-electron chi connectivity index (χ4n) is 1.85. The average molecular weight is 174 g/mol. The molecule has 0 spiro atoms. The summed E-state index contributed by atoms with van der Waals surface area (Å²) in [6.07, 6.45) is 0. The van der Waals surface area contributed by atoms with Crippen LogP contribution in [0.1, 0.15) is 41.5 Å². The molecule has 0 rings (SSSR count).